The number of nitrogens with zero attached hydrogens (tertiary/aromatic N) is 2. The van der Waals surface area contributed by atoms with Crippen molar-refractivity contribution in [2.24, 2.45) is 0 Å². The molecule has 0 fully saturated rings. The molecule has 0 atom stereocenters. The second-order valence-corrected chi connectivity index (χ2v) is 6.46. The van der Waals surface area contributed by atoms with E-state index in [1.54, 1.807) is 13.0 Å². The lowest BCUT2D eigenvalue weighted by Gasteiger charge is -2.12. The van der Waals surface area contributed by atoms with E-state index in [1.807, 2.05) is 38.1 Å². The van der Waals surface area contributed by atoms with Gasteiger partial charge in [-0.05, 0) is 69.3 Å². The molecule has 0 aliphatic carbocycles. The van der Waals surface area contributed by atoms with Crippen LogP contribution in [0.2, 0.25) is 0 Å². The lowest BCUT2D eigenvalue weighted by atomic mass is 10.2. The number of aryl methyl sites for hydroxylation is 1. The number of rotatable bonds is 6. The zero-order valence-corrected chi connectivity index (χ0v) is 15.9. The monoisotopic (exact) mass is 380 g/mol. The van der Waals surface area contributed by atoms with Crippen molar-refractivity contribution in [3.63, 3.8) is 0 Å². The lowest BCUT2D eigenvalue weighted by molar-refractivity contribution is 0.102. The van der Waals surface area contributed by atoms with Crippen molar-refractivity contribution < 1.29 is 13.9 Å². The number of carbonyl (C=O) groups excluding carboxylic acids is 1. The number of aromatic nitrogens is 2. The van der Waals surface area contributed by atoms with Crippen LogP contribution in [0, 0.1) is 12.7 Å². The normalized spacial score (nSPS) is 10.6. The van der Waals surface area contributed by atoms with Crippen LogP contribution in [0.4, 0.5) is 21.6 Å². The minimum absolute atomic E-state index is 0.102. The van der Waals surface area contributed by atoms with Gasteiger partial charge in [-0.25, -0.2) is 14.4 Å². The Morgan fingerprint density at radius 3 is 2.29 bits per heavy atom. The van der Waals surface area contributed by atoms with Crippen molar-refractivity contribution in [2.75, 3.05) is 10.6 Å². The Labute approximate surface area is 162 Å². The first-order valence-electron chi connectivity index (χ1n) is 8.85. The summed E-state index contributed by atoms with van der Waals surface area (Å²) < 4.78 is 18.6. The molecule has 144 valence electrons. The van der Waals surface area contributed by atoms with Crippen LogP contribution in [-0.2, 0) is 0 Å². The Morgan fingerprint density at radius 2 is 1.64 bits per heavy atom. The molecule has 1 amide bonds. The van der Waals surface area contributed by atoms with E-state index in [1.165, 1.54) is 24.3 Å². The molecule has 0 spiro atoms. The second kappa shape index (κ2) is 8.47. The van der Waals surface area contributed by atoms with E-state index in [9.17, 15) is 9.18 Å². The van der Waals surface area contributed by atoms with Crippen molar-refractivity contribution in [2.45, 2.75) is 26.9 Å². The topological polar surface area (TPSA) is 76.1 Å². The largest absolute Gasteiger partial charge is 0.491 e. The van der Waals surface area contributed by atoms with Gasteiger partial charge in [0.25, 0.3) is 5.91 Å². The molecule has 0 aliphatic rings. The van der Waals surface area contributed by atoms with Crippen LogP contribution in [-0.4, -0.2) is 22.0 Å². The first-order valence-corrected chi connectivity index (χ1v) is 8.85. The highest BCUT2D eigenvalue weighted by molar-refractivity contribution is 6.03. The molecular formula is C21H21FN4O2. The van der Waals surface area contributed by atoms with Crippen LogP contribution in [0.1, 0.15) is 30.2 Å². The average molecular weight is 380 g/mol. The maximum absolute atomic E-state index is 13.0. The molecule has 6 nitrogen and oxygen atoms in total. The first kappa shape index (κ1) is 19.3. The van der Waals surface area contributed by atoms with Crippen molar-refractivity contribution in [1.29, 1.82) is 0 Å². The summed E-state index contributed by atoms with van der Waals surface area (Å²) in [6.07, 6.45) is 0.102. The van der Waals surface area contributed by atoms with E-state index in [2.05, 4.69) is 20.6 Å². The summed E-state index contributed by atoms with van der Waals surface area (Å²) in [6, 6.07) is 14.5. The van der Waals surface area contributed by atoms with E-state index in [0.29, 0.717) is 17.3 Å². The molecule has 0 aliphatic heterocycles. The highest BCUT2D eigenvalue weighted by Crippen LogP contribution is 2.20. The molecule has 7 heteroatoms. The molecule has 0 bridgehead atoms. The molecule has 28 heavy (non-hydrogen) atoms. The summed E-state index contributed by atoms with van der Waals surface area (Å²) in [6.45, 7) is 5.64. The van der Waals surface area contributed by atoms with Gasteiger partial charge in [0.2, 0.25) is 0 Å². The van der Waals surface area contributed by atoms with Gasteiger partial charge in [-0.15, -0.1) is 0 Å². The molecule has 0 saturated heterocycles. The van der Waals surface area contributed by atoms with Crippen LogP contribution in [0.5, 0.6) is 5.75 Å². The number of halogens is 1. The van der Waals surface area contributed by atoms with Gasteiger partial charge in [0, 0.05) is 17.4 Å². The van der Waals surface area contributed by atoms with Crippen molar-refractivity contribution in [3.05, 3.63) is 71.9 Å². The van der Waals surface area contributed by atoms with Gasteiger partial charge in [-0.3, -0.25) is 4.79 Å². The summed E-state index contributed by atoms with van der Waals surface area (Å²) in [5.41, 5.74) is 1.50. The van der Waals surface area contributed by atoms with Gasteiger partial charge in [0.15, 0.2) is 0 Å². The summed E-state index contributed by atoms with van der Waals surface area (Å²) >= 11 is 0. The molecule has 1 aromatic heterocycles. The smallest absolute Gasteiger partial charge is 0.274 e. The molecule has 1 heterocycles. The number of nitrogens with one attached hydrogen (secondary N) is 2. The van der Waals surface area contributed by atoms with Crippen molar-refractivity contribution in [3.8, 4) is 5.75 Å². The van der Waals surface area contributed by atoms with Crippen LogP contribution in [0.25, 0.3) is 0 Å². The molecule has 3 rings (SSSR count). The number of carbonyl (C=O) groups is 1. The fourth-order valence-corrected chi connectivity index (χ4v) is 2.51. The maximum atomic E-state index is 13.0. The van der Waals surface area contributed by atoms with Gasteiger partial charge in [-0.2, -0.15) is 0 Å². The van der Waals surface area contributed by atoms with E-state index < -0.39 is 5.91 Å². The van der Waals surface area contributed by atoms with Crippen LogP contribution in [0.15, 0.2) is 54.6 Å². The minimum atomic E-state index is -0.402. The number of hydrogen-bond acceptors (Lipinski definition) is 5. The van der Waals surface area contributed by atoms with E-state index in [0.717, 1.165) is 11.4 Å². The Morgan fingerprint density at radius 1 is 1.00 bits per heavy atom. The van der Waals surface area contributed by atoms with Gasteiger partial charge in [-0.1, -0.05) is 0 Å². The molecule has 2 N–H and O–H groups in total. The molecule has 2 aromatic carbocycles. The zero-order chi connectivity index (χ0) is 20.1. The maximum Gasteiger partial charge on any atom is 0.274 e. The Balaban J connectivity index is 1.73. The van der Waals surface area contributed by atoms with Crippen molar-refractivity contribution in [1.82, 2.24) is 9.97 Å². The van der Waals surface area contributed by atoms with E-state index >= 15 is 0 Å². The zero-order valence-electron chi connectivity index (χ0n) is 15.9. The first-order chi connectivity index (χ1) is 13.4. The molecule has 0 saturated carbocycles. The third kappa shape index (κ3) is 5.26. The standard InChI is InChI=1S/C21H21FN4O2/c1-13(2)28-18-10-8-16(9-11-18)25-20-12-19(23-14(3)24-20)21(27)26-17-6-4-15(22)5-7-17/h4-13H,1-3H3,(H,26,27)(H,23,24,25). The van der Waals surface area contributed by atoms with E-state index in [4.69, 9.17) is 4.74 Å². The molecular weight excluding hydrogens is 359 g/mol. The number of amides is 1. The second-order valence-electron chi connectivity index (χ2n) is 6.46. The van der Waals surface area contributed by atoms with Crippen LogP contribution < -0.4 is 15.4 Å². The summed E-state index contributed by atoms with van der Waals surface area (Å²) in [5, 5.41) is 5.84. The van der Waals surface area contributed by atoms with Crippen LogP contribution in [0.3, 0.4) is 0 Å². The van der Waals surface area contributed by atoms with Gasteiger partial charge < -0.3 is 15.4 Å². The quantitative estimate of drug-likeness (QED) is 0.648. The Bertz CT molecular complexity index is 957. The highest BCUT2D eigenvalue weighted by Gasteiger charge is 2.11. The Kier molecular flexibility index (Phi) is 5.84. The lowest BCUT2D eigenvalue weighted by Crippen LogP contribution is -2.15. The molecule has 3 aromatic rings. The SMILES string of the molecule is Cc1nc(Nc2ccc(OC(C)C)cc2)cc(C(=O)Nc2ccc(F)cc2)n1. The number of benzene rings is 2. The number of ether oxygens (including phenoxy) is 1. The molecule has 0 unspecified atom stereocenters. The van der Waals surface area contributed by atoms with Crippen LogP contribution >= 0.6 is 0 Å². The van der Waals surface area contributed by atoms with Gasteiger partial charge in [0.05, 0.1) is 6.10 Å². The number of hydrogen-bond donors (Lipinski definition) is 2. The predicted octanol–water partition coefficient (Wildman–Crippen LogP) is 4.71. The van der Waals surface area contributed by atoms with Gasteiger partial charge in [0.1, 0.15) is 28.9 Å². The minimum Gasteiger partial charge on any atom is -0.491 e. The fraction of sp³-hybridized carbons (Fsp3) is 0.190. The van der Waals surface area contributed by atoms with Gasteiger partial charge >= 0.3 is 0 Å². The van der Waals surface area contributed by atoms with Crippen molar-refractivity contribution >= 4 is 23.1 Å². The summed E-state index contributed by atoms with van der Waals surface area (Å²) in [5.74, 6) is 0.954. The summed E-state index contributed by atoms with van der Waals surface area (Å²) in [4.78, 5) is 21.0. The Hall–Kier alpha value is -3.48. The average Bonchev–Trinajstić information content (AvgIpc) is 2.64. The number of anilines is 3. The van der Waals surface area contributed by atoms with E-state index in [-0.39, 0.29) is 17.6 Å². The third-order valence-corrected chi connectivity index (χ3v) is 3.67. The molecule has 0 radical (unpaired) electrons. The third-order valence-electron chi connectivity index (χ3n) is 3.67. The fourth-order valence-electron chi connectivity index (χ4n) is 2.51. The predicted molar refractivity (Wildman–Crippen MR) is 107 cm³/mol. The highest BCUT2D eigenvalue weighted by atomic mass is 19.1. The summed E-state index contributed by atoms with van der Waals surface area (Å²) in [7, 11) is 0.